The second-order valence-electron chi connectivity index (χ2n) is 4.99. The van der Waals surface area contributed by atoms with Gasteiger partial charge in [-0.05, 0) is 13.3 Å². The first kappa shape index (κ1) is 15.7. The number of hydrogen-bond donors (Lipinski definition) is 2. The molecule has 5 nitrogen and oxygen atoms in total. The van der Waals surface area contributed by atoms with Crippen molar-refractivity contribution in [3.05, 3.63) is 11.4 Å². The van der Waals surface area contributed by atoms with Crippen molar-refractivity contribution < 1.29 is 5.11 Å². The van der Waals surface area contributed by atoms with Gasteiger partial charge < -0.3 is 15.3 Å². The van der Waals surface area contributed by atoms with Crippen molar-refractivity contribution >= 4 is 11.6 Å². The molecule has 19 heavy (non-hydrogen) atoms. The van der Waals surface area contributed by atoms with Gasteiger partial charge in [0.15, 0.2) is 0 Å². The molecule has 0 amide bonds. The van der Waals surface area contributed by atoms with Crippen molar-refractivity contribution in [2.75, 3.05) is 37.0 Å². The van der Waals surface area contributed by atoms with Crippen molar-refractivity contribution in [2.45, 2.75) is 40.0 Å². The number of aromatic nitrogens is 2. The molecule has 0 fully saturated rings. The summed E-state index contributed by atoms with van der Waals surface area (Å²) in [5, 5.41) is 12.3. The third-order valence-corrected chi connectivity index (χ3v) is 3.05. The maximum Gasteiger partial charge on any atom is 0.137 e. The summed E-state index contributed by atoms with van der Waals surface area (Å²) in [6, 6.07) is 0. The van der Waals surface area contributed by atoms with E-state index in [0.717, 1.165) is 36.0 Å². The van der Waals surface area contributed by atoms with Crippen LogP contribution in [0.1, 0.15) is 44.5 Å². The minimum atomic E-state index is 0.134. The number of nitrogens with zero attached hydrogens (tertiary/aromatic N) is 3. The Hall–Kier alpha value is -1.36. The fourth-order valence-corrected chi connectivity index (χ4v) is 2.05. The molecule has 1 rings (SSSR count). The highest BCUT2D eigenvalue weighted by Crippen LogP contribution is 2.25. The van der Waals surface area contributed by atoms with E-state index < -0.39 is 0 Å². The lowest BCUT2D eigenvalue weighted by atomic mass is 10.2. The molecular formula is C14H26N4O. The molecule has 1 aromatic heterocycles. The smallest absolute Gasteiger partial charge is 0.137 e. The van der Waals surface area contributed by atoms with Crippen molar-refractivity contribution in [2.24, 2.45) is 0 Å². The molecule has 0 radical (unpaired) electrons. The lowest BCUT2D eigenvalue weighted by molar-refractivity contribution is 0.301. The predicted octanol–water partition coefficient (Wildman–Crippen LogP) is 2.16. The first-order valence-corrected chi connectivity index (χ1v) is 6.97. The number of nitrogens with one attached hydrogen (secondary N) is 1. The summed E-state index contributed by atoms with van der Waals surface area (Å²) in [7, 11) is 1.87. The molecule has 2 N–H and O–H groups in total. The Morgan fingerprint density at radius 3 is 2.42 bits per heavy atom. The van der Waals surface area contributed by atoms with Gasteiger partial charge in [0.25, 0.3) is 0 Å². The molecular weight excluding hydrogens is 240 g/mol. The molecule has 5 heteroatoms. The average Bonchev–Trinajstić information content (AvgIpc) is 2.38. The monoisotopic (exact) mass is 266 g/mol. The summed E-state index contributed by atoms with van der Waals surface area (Å²) < 4.78 is 0. The number of aliphatic hydroxyl groups is 1. The van der Waals surface area contributed by atoms with Gasteiger partial charge in [-0.3, -0.25) is 0 Å². The van der Waals surface area contributed by atoms with Gasteiger partial charge in [-0.2, -0.15) is 0 Å². The topological polar surface area (TPSA) is 61.3 Å². The molecule has 0 atom stereocenters. The zero-order chi connectivity index (χ0) is 14.4. The Labute approximate surface area is 116 Å². The zero-order valence-electron chi connectivity index (χ0n) is 12.7. The largest absolute Gasteiger partial charge is 0.395 e. The van der Waals surface area contributed by atoms with Gasteiger partial charge in [0.05, 0.1) is 6.61 Å². The summed E-state index contributed by atoms with van der Waals surface area (Å²) in [5.74, 6) is 2.92. The van der Waals surface area contributed by atoms with Gasteiger partial charge in [0, 0.05) is 31.6 Å². The predicted molar refractivity (Wildman–Crippen MR) is 80.0 cm³/mol. The molecule has 0 saturated carbocycles. The Morgan fingerprint density at radius 1 is 1.26 bits per heavy atom. The Kier molecular flexibility index (Phi) is 6.02. The maximum absolute atomic E-state index is 9.22. The van der Waals surface area contributed by atoms with Gasteiger partial charge in [-0.1, -0.05) is 20.8 Å². The Morgan fingerprint density at radius 2 is 1.95 bits per heavy atom. The van der Waals surface area contributed by atoms with Crippen LogP contribution in [0.5, 0.6) is 0 Å². The van der Waals surface area contributed by atoms with E-state index in [4.69, 9.17) is 0 Å². The van der Waals surface area contributed by atoms with Crippen molar-refractivity contribution in [1.82, 2.24) is 9.97 Å². The molecule has 108 valence electrons. The van der Waals surface area contributed by atoms with Gasteiger partial charge in [-0.15, -0.1) is 0 Å². The summed E-state index contributed by atoms with van der Waals surface area (Å²) in [6.45, 7) is 9.95. The number of rotatable bonds is 7. The van der Waals surface area contributed by atoms with Crippen LogP contribution in [0.25, 0.3) is 0 Å². The van der Waals surface area contributed by atoms with Crippen LogP contribution < -0.4 is 10.2 Å². The van der Waals surface area contributed by atoms with Crippen LogP contribution in [0, 0.1) is 6.92 Å². The average molecular weight is 266 g/mol. The molecule has 0 unspecified atom stereocenters. The normalized spacial score (nSPS) is 10.9. The number of aliphatic hydroxyl groups excluding tert-OH is 1. The van der Waals surface area contributed by atoms with E-state index in [1.54, 1.807) is 0 Å². The highest BCUT2D eigenvalue weighted by atomic mass is 16.3. The van der Waals surface area contributed by atoms with Crippen LogP contribution in [0.15, 0.2) is 0 Å². The van der Waals surface area contributed by atoms with Crippen LogP contribution in [0.4, 0.5) is 11.6 Å². The Bertz CT molecular complexity index is 401. The molecule has 0 aliphatic heterocycles. The van der Waals surface area contributed by atoms with Crippen LogP contribution in [-0.2, 0) is 0 Å². The van der Waals surface area contributed by atoms with Crippen LogP contribution in [0.3, 0.4) is 0 Å². The van der Waals surface area contributed by atoms with Gasteiger partial charge in [0.1, 0.15) is 17.5 Å². The fraction of sp³-hybridized carbons (Fsp3) is 0.714. The van der Waals surface area contributed by atoms with E-state index in [0.29, 0.717) is 6.54 Å². The van der Waals surface area contributed by atoms with E-state index in [9.17, 15) is 5.11 Å². The summed E-state index contributed by atoms with van der Waals surface area (Å²) in [4.78, 5) is 11.4. The minimum absolute atomic E-state index is 0.134. The van der Waals surface area contributed by atoms with Crippen LogP contribution in [-0.4, -0.2) is 41.8 Å². The van der Waals surface area contributed by atoms with Gasteiger partial charge >= 0.3 is 0 Å². The van der Waals surface area contributed by atoms with E-state index in [1.165, 1.54) is 0 Å². The lowest BCUT2D eigenvalue weighted by Crippen LogP contribution is -2.30. The molecule has 1 heterocycles. The number of anilines is 2. The molecule has 1 aromatic rings. The number of hydrogen-bond acceptors (Lipinski definition) is 5. The lowest BCUT2D eigenvalue weighted by Gasteiger charge is -2.25. The first-order valence-electron chi connectivity index (χ1n) is 6.97. The highest BCUT2D eigenvalue weighted by molar-refractivity contribution is 5.58. The van der Waals surface area contributed by atoms with Crippen molar-refractivity contribution in [3.8, 4) is 0 Å². The fourth-order valence-electron chi connectivity index (χ4n) is 2.05. The molecule has 0 spiro atoms. The quantitative estimate of drug-likeness (QED) is 0.792. The third kappa shape index (κ3) is 3.80. The second kappa shape index (κ2) is 7.28. The van der Waals surface area contributed by atoms with Gasteiger partial charge in [0.2, 0.25) is 0 Å². The van der Waals surface area contributed by atoms with E-state index >= 15 is 0 Å². The SMILES string of the molecule is CCCN(CCO)c1nc(C(C)C)nc(NC)c1C. The first-order chi connectivity index (χ1) is 9.04. The van der Waals surface area contributed by atoms with E-state index in [-0.39, 0.29) is 12.5 Å². The molecule has 0 bridgehead atoms. The molecule has 0 aromatic carbocycles. The zero-order valence-corrected chi connectivity index (χ0v) is 12.7. The third-order valence-electron chi connectivity index (χ3n) is 3.05. The summed E-state index contributed by atoms with van der Waals surface area (Å²) in [5.41, 5.74) is 1.04. The van der Waals surface area contributed by atoms with Gasteiger partial charge in [-0.25, -0.2) is 9.97 Å². The molecule has 0 saturated heterocycles. The molecule has 0 aliphatic rings. The standard InChI is InChI=1S/C14H26N4O/c1-6-7-18(8-9-19)14-11(4)13(15-5)16-12(17-14)10(2)3/h10,19H,6-9H2,1-5H3,(H,15,16,17). The second-order valence-corrected chi connectivity index (χ2v) is 4.99. The van der Waals surface area contributed by atoms with Crippen LogP contribution in [0.2, 0.25) is 0 Å². The van der Waals surface area contributed by atoms with E-state index in [2.05, 4.69) is 41.0 Å². The minimum Gasteiger partial charge on any atom is -0.395 e. The van der Waals surface area contributed by atoms with Crippen molar-refractivity contribution in [1.29, 1.82) is 0 Å². The van der Waals surface area contributed by atoms with E-state index in [1.807, 2.05) is 14.0 Å². The van der Waals surface area contributed by atoms with Crippen molar-refractivity contribution in [3.63, 3.8) is 0 Å². The Balaban J connectivity index is 3.25. The summed E-state index contributed by atoms with van der Waals surface area (Å²) >= 11 is 0. The van der Waals surface area contributed by atoms with Crippen LogP contribution >= 0.6 is 0 Å². The maximum atomic E-state index is 9.22. The highest BCUT2D eigenvalue weighted by Gasteiger charge is 2.16. The molecule has 0 aliphatic carbocycles. The summed E-state index contributed by atoms with van der Waals surface area (Å²) in [6.07, 6.45) is 1.02.